The first-order valence-corrected chi connectivity index (χ1v) is 8.51. The summed E-state index contributed by atoms with van der Waals surface area (Å²) in [7, 11) is 1.96. The van der Waals surface area contributed by atoms with Gasteiger partial charge < -0.3 is 9.64 Å². The van der Waals surface area contributed by atoms with Gasteiger partial charge in [0.25, 0.3) is 0 Å². The van der Waals surface area contributed by atoms with Crippen LogP contribution in [-0.2, 0) is 4.79 Å². The van der Waals surface area contributed by atoms with Crippen molar-refractivity contribution in [3.63, 3.8) is 0 Å². The average molecular weight is 303 g/mol. The van der Waals surface area contributed by atoms with E-state index in [-0.39, 0.29) is 5.91 Å². The molecule has 1 aromatic carbocycles. The maximum absolute atomic E-state index is 12.3. The van der Waals surface area contributed by atoms with Crippen molar-refractivity contribution in [1.82, 2.24) is 4.90 Å². The van der Waals surface area contributed by atoms with Crippen LogP contribution in [0.5, 0.6) is 5.75 Å². The van der Waals surface area contributed by atoms with Gasteiger partial charge in [0.2, 0.25) is 5.91 Å². The first kappa shape index (κ1) is 16.9. The van der Waals surface area contributed by atoms with Crippen LogP contribution in [-0.4, -0.2) is 30.5 Å². The largest absolute Gasteiger partial charge is 0.494 e. The second kappa shape index (κ2) is 8.21. The Morgan fingerprint density at radius 3 is 2.68 bits per heavy atom. The Kier molecular flexibility index (Phi) is 6.29. The van der Waals surface area contributed by atoms with E-state index >= 15 is 0 Å². The molecule has 0 N–H and O–H groups in total. The summed E-state index contributed by atoms with van der Waals surface area (Å²) in [5.41, 5.74) is 1.19. The summed E-state index contributed by atoms with van der Waals surface area (Å²) in [4.78, 5) is 14.2. The minimum absolute atomic E-state index is 0.257. The van der Waals surface area contributed by atoms with E-state index in [1.807, 2.05) is 30.1 Å². The third-order valence-corrected chi connectivity index (χ3v) is 4.72. The van der Waals surface area contributed by atoms with Crippen LogP contribution in [0.25, 0.3) is 0 Å². The van der Waals surface area contributed by atoms with Gasteiger partial charge in [-0.05, 0) is 62.6 Å². The van der Waals surface area contributed by atoms with Gasteiger partial charge in [0, 0.05) is 19.5 Å². The summed E-state index contributed by atoms with van der Waals surface area (Å²) < 4.78 is 5.71. The molecule has 0 saturated heterocycles. The van der Waals surface area contributed by atoms with Gasteiger partial charge in [-0.2, -0.15) is 0 Å². The van der Waals surface area contributed by atoms with E-state index in [0.717, 1.165) is 30.9 Å². The Balaban J connectivity index is 1.67. The van der Waals surface area contributed by atoms with Gasteiger partial charge in [-0.3, -0.25) is 4.79 Å². The number of hydrogen-bond donors (Lipinski definition) is 0. The Bertz CT molecular complexity index is 478. The summed E-state index contributed by atoms with van der Waals surface area (Å²) in [6.07, 6.45) is 6.17. The number of hydrogen-bond acceptors (Lipinski definition) is 2. The topological polar surface area (TPSA) is 29.5 Å². The van der Waals surface area contributed by atoms with Crippen molar-refractivity contribution in [2.45, 2.75) is 58.4 Å². The van der Waals surface area contributed by atoms with Crippen LogP contribution in [0.15, 0.2) is 24.3 Å². The van der Waals surface area contributed by atoms with Crippen LogP contribution in [0.3, 0.4) is 0 Å². The molecule has 0 aromatic heterocycles. The number of carbonyl (C=O) groups is 1. The molecule has 3 nitrogen and oxygen atoms in total. The molecule has 22 heavy (non-hydrogen) atoms. The quantitative estimate of drug-likeness (QED) is 0.737. The summed E-state index contributed by atoms with van der Waals surface area (Å²) >= 11 is 0. The van der Waals surface area contributed by atoms with Crippen LogP contribution >= 0.6 is 0 Å². The second-order valence-electron chi connectivity index (χ2n) is 6.69. The van der Waals surface area contributed by atoms with Crippen LogP contribution in [0.1, 0.15) is 51.0 Å². The summed E-state index contributed by atoms with van der Waals surface area (Å²) in [5, 5.41) is 0. The Morgan fingerprint density at radius 2 is 2.00 bits per heavy atom. The van der Waals surface area contributed by atoms with Gasteiger partial charge in [0.05, 0.1) is 6.61 Å². The SMILES string of the molecule is Cc1cccc(OCCCC(=O)N(C)C2CCC(C)CC2)c1. The molecule has 0 radical (unpaired) electrons. The Labute approximate surface area is 134 Å². The zero-order valence-corrected chi connectivity index (χ0v) is 14.2. The lowest BCUT2D eigenvalue weighted by Gasteiger charge is -2.33. The van der Waals surface area contributed by atoms with Crippen molar-refractivity contribution >= 4 is 5.91 Å². The lowest BCUT2D eigenvalue weighted by Crippen LogP contribution is -2.39. The Hall–Kier alpha value is -1.51. The minimum Gasteiger partial charge on any atom is -0.494 e. The van der Waals surface area contributed by atoms with Gasteiger partial charge in [0.1, 0.15) is 5.75 Å². The van der Waals surface area contributed by atoms with E-state index in [1.54, 1.807) is 0 Å². The highest BCUT2D eigenvalue weighted by Gasteiger charge is 2.24. The average Bonchev–Trinajstić information content (AvgIpc) is 2.51. The third kappa shape index (κ3) is 5.04. The number of ether oxygens (including phenoxy) is 1. The smallest absolute Gasteiger partial charge is 0.222 e. The molecule has 3 heteroatoms. The molecular weight excluding hydrogens is 274 g/mol. The van der Waals surface area contributed by atoms with E-state index in [9.17, 15) is 4.79 Å². The highest BCUT2D eigenvalue weighted by Crippen LogP contribution is 2.26. The van der Waals surface area contributed by atoms with Crippen molar-refractivity contribution in [2.24, 2.45) is 5.92 Å². The summed E-state index contributed by atoms with van der Waals surface area (Å²) in [5.74, 6) is 1.97. The third-order valence-electron chi connectivity index (χ3n) is 4.72. The van der Waals surface area contributed by atoms with Crippen LogP contribution in [0.4, 0.5) is 0 Å². The molecule has 0 heterocycles. The second-order valence-corrected chi connectivity index (χ2v) is 6.69. The van der Waals surface area contributed by atoms with Crippen LogP contribution in [0.2, 0.25) is 0 Å². The molecule has 122 valence electrons. The van der Waals surface area contributed by atoms with Gasteiger partial charge in [0.15, 0.2) is 0 Å². The predicted octanol–water partition coefficient (Wildman–Crippen LogP) is 4.19. The normalized spacial score (nSPS) is 21.4. The van der Waals surface area contributed by atoms with Crippen molar-refractivity contribution in [3.8, 4) is 5.75 Å². The molecular formula is C19H29NO2. The number of nitrogens with zero attached hydrogens (tertiary/aromatic N) is 1. The fourth-order valence-electron chi connectivity index (χ4n) is 3.13. The summed E-state index contributed by atoms with van der Waals surface area (Å²) in [6.45, 7) is 4.96. The monoisotopic (exact) mass is 303 g/mol. The molecule has 0 spiro atoms. The standard InChI is InChI=1S/C19H29NO2/c1-15-9-11-17(12-10-15)20(3)19(21)8-5-13-22-18-7-4-6-16(2)14-18/h4,6-7,14-15,17H,5,8-13H2,1-3H3. The molecule has 0 bridgehead atoms. The minimum atomic E-state index is 0.257. The van der Waals surface area contributed by atoms with Crippen molar-refractivity contribution in [1.29, 1.82) is 0 Å². The van der Waals surface area contributed by atoms with Crippen LogP contribution < -0.4 is 4.74 Å². The molecule has 1 fully saturated rings. The van der Waals surface area contributed by atoms with E-state index in [1.165, 1.54) is 18.4 Å². The number of rotatable bonds is 6. The predicted molar refractivity (Wildman–Crippen MR) is 90.1 cm³/mol. The number of amides is 1. The lowest BCUT2D eigenvalue weighted by atomic mass is 9.86. The number of aryl methyl sites for hydroxylation is 1. The first-order chi connectivity index (χ1) is 10.6. The molecule has 1 aromatic rings. The zero-order chi connectivity index (χ0) is 15.9. The summed E-state index contributed by atoms with van der Waals surface area (Å²) in [6, 6.07) is 8.48. The van der Waals surface area contributed by atoms with Crippen molar-refractivity contribution in [2.75, 3.05) is 13.7 Å². The maximum Gasteiger partial charge on any atom is 0.222 e. The van der Waals surface area contributed by atoms with Crippen molar-refractivity contribution < 1.29 is 9.53 Å². The number of benzene rings is 1. The molecule has 0 aliphatic heterocycles. The molecule has 1 aliphatic carbocycles. The molecule has 1 amide bonds. The van der Waals surface area contributed by atoms with Gasteiger partial charge >= 0.3 is 0 Å². The van der Waals surface area contributed by atoms with E-state index in [4.69, 9.17) is 4.74 Å². The molecule has 2 rings (SSSR count). The van der Waals surface area contributed by atoms with E-state index in [2.05, 4.69) is 19.9 Å². The zero-order valence-electron chi connectivity index (χ0n) is 14.2. The van der Waals surface area contributed by atoms with Gasteiger partial charge in [-0.1, -0.05) is 19.1 Å². The van der Waals surface area contributed by atoms with E-state index < -0.39 is 0 Å². The Morgan fingerprint density at radius 1 is 1.27 bits per heavy atom. The van der Waals surface area contributed by atoms with Gasteiger partial charge in [-0.25, -0.2) is 0 Å². The molecule has 1 saturated carbocycles. The van der Waals surface area contributed by atoms with E-state index in [0.29, 0.717) is 19.1 Å². The van der Waals surface area contributed by atoms with Gasteiger partial charge in [-0.15, -0.1) is 0 Å². The molecule has 0 unspecified atom stereocenters. The fraction of sp³-hybridized carbons (Fsp3) is 0.632. The maximum atomic E-state index is 12.3. The molecule has 0 atom stereocenters. The fourth-order valence-corrected chi connectivity index (χ4v) is 3.13. The van der Waals surface area contributed by atoms with Crippen LogP contribution in [0, 0.1) is 12.8 Å². The van der Waals surface area contributed by atoms with Crippen molar-refractivity contribution in [3.05, 3.63) is 29.8 Å². The highest BCUT2D eigenvalue weighted by atomic mass is 16.5. The molecule has 1 aliphatic rings. The first-order valence-electron chi connectivity index (χ1n) is 8.51. The highest BCUT2D eigenvalue weighted by molar-refractivity contribution is 5.76. The number of carbonyl (C=O) groups excluding carboxylic acids is 1. The lowest BCUT2D eigenvalue weighted by molar-refractivity contribution is -0.132.